The fourth-order valence-electron chi connectivity index (χ4n) is 14.8. The molecular formula is C93H135N9O31S. The van der Waals surface area contributed by atoms with Crippen LogP contribution < -0.4 is 26.6 Å². The Labute approximate surface area is 783 Å². The first-order valence-corrected chi connectivity index (χ1v) is 47.2. The molecule has 0 spiro atoms. The number of Topliss-reactive ketones (excluding diaryl/α,β-unsaturated/α-hetero) is 6. The molecule has 134 heavy (non-hydrogen) atoms. The first-order chi connectivity index (χ1) is 63.7. The highest BCUT2D eigenvalue weighted by atomic mass is 32.2. The molecule has 0 aliphatic carbocycles. The van der Waals surface area contributed by atoms with E-state index in [4.69, 9.17) is 5.11 Å². The molecule has 3 rings (SSSR count). The monoisotopic (exact) mass is 1910 g/mol. The Morgan fingerprint density at radius 2 is 0.791 bits per heavy atom. The fourth-order valence-corrected chi connectivity index (χ4v) is 16.1. The maximum Gasteiger partial charge on any atom is 0.307 e. The van der Waals surface area contributed by atoms with E-state index in [1.165, 1.54) is 6.92 Å². The lowest BCUT2D eigenvalue weighted by molar-refractivity contribution is -0.166. The van der Waals surface area contributed by atoms with E-state index in [1.807, 2.05) is 0 Å². The lowest BCUT2D eigenvalue weighted by atomic mass is 9.88. The Kier molecular flexibility index (Phi) is 58.1. The summed E-state index contributed by atoms with van der Waals surface area (Å²) < 4.78 is 0. The van der Waals surface area contributed by atoms with Gasteiger partial charge in [0.15, 0.2) is 17.3 Å². The number of carbonyl (C=O) groups is 22. The van der Waals surface area contributed by atoms with Crippen molar-refractivity contribution in [3.63, 3.8) is 0 Å². The zero-order valence-corrected chi connectivity index (χ0v) is 77.3. The summed E-state index contributed by atoms with van der Waals surface area (Å²) in [5, 5.41) is 101. The number of nitrogens with one attached hydrogen (secondary N) is 5. The van der Waals surface area contributed by atoms with Crippen LogP contribution in [-0.2, 0) is 118 Å². The van der Waals surface area contributed by atoms with E-state index in [-0.39, 0.29) is 147 Å². The molecule has 1 aliphatic heterocycles. The third-order valence-electron chi connectivity index (χ3n) is 22.6. The Morgan fingerprint density at radius 3 is 1.30 bits per heavy atom. The van der Waals surface area contributed by atoms with Gasteiger partial charge >= 0.3 is 35.8 Å². The maximum atomic E-state index is 14.6. The Balaban J connectivity index is 1.49. The molecule has 2 aromatic carbocycles. The van der Waals surface area contributed by atoms with Crippen LogP contribution in [0.5, 0.6) is 0 Å². The van der Waals surface area contributed by atoms with E-state index < -0.39 is 210 Å². The standard InChI is InChI=1S/C93H135N9O31S/c1-62(103)100(131)47-25-8-6-20-36-70(105)40-42-82(113)101(132)49-27-13-24-45-94-79(110)41-43-83(114)102(133)48-26-9-7-21-37-71(106)44-50-99-84(115)60-78(91(99)126)134-61-68(93(129)130)55-77(109)74(59-88(122)123)98-90(125)67(57-86(118)119)54-76(108)73(58-87(120)121)97-89(124)66(51-63-29-14-10-15-30-63)53-75(107)72(52-64-31-16-11-17-32-64)96-80(111)38-23-5-3-2-4-19-34-69(104)35-22-12-18-33-65(92(127)128)56-81(112)95-46-28-39-85(116)117/h10-11,14-17,29-32,65-68,72-74,78,131-133H,2-9,12-13,18-28,33-61H2,1H3,(H,94,110)(H,95,112)(H,96,111)(H,97,124)(H,98,125)(H,116,117)(H,118,119)(H,120,121)(H,122,123)(H,127,128)(H,129,130)/t65-,66?,67+,68+,72+,73+,74+,78?/m1/s1. The summed E-state index contributed by atoms with van der Waals surface area (Å²) >= 11 is 0.687. The van der Waals surface area contributed by atoms with Gasteiger partial charge in [-0.2, -0.15) is 0 Å². The summed E-state index contributed by atoms with van der Waals surface area (Å²) in [6, 6.07) is 11.6. The topological polar surface area (TPSA) is 631 Å². The number of carbonyl (C=O) groups excluding carboxylic acids is 16. The van der Waals surface area contributed by atoms with E-state index in [0.717, 1.165) is 24.2 Å². The van der Waals surface area contributed by atoms with Crippen LogP contribution in [0.2, 0.25) is 0 Å². The van der Waals surface area contributed by atoms with Gasteiger partial charge in [-0.25, -0.2) is 15.2 Å². The van der Waals surface area contributed by atoms with Crippen molar-refractivity contribution in [2.45, 2.75) is 306 Å². The van der Waals surface area contributed by atoms with Gasteiger partial charge in [-0.15, -0.1) is 11.8 Å². The molecule has 0 bridgehead atoms. The zero-order valence-electron chi connectivity index (χ0n) is 76.5. The van der Waals surface area contributed by atoms with Crippen LogP contribution >= 0.6 is 11.8 Å². The molecule has 0 saturated carbocycles. The smallest absolute Gasteiger partial charge is 0.307 e. The molecule has 14 N–H and O–H groups in total. The predicted molar refractivity (Wildman–Crippen MR) is 480 cm³/mol. The van der Waals surface area contributed by atoms with Crippen LogP contribution in [0.15, 0.2) is 60.7 Å². The average molecular weight is 1910 g/mol. The van der Waals surface area contributed by atoms with Crippen molar-refractivity contribution in [3.8, 4) is 0 Å². The molecule has 744 valence electrons. The Morgan fingerprint density at radius 1 is 0.373 bits per heavy atom. The number of rotatable bonds is 79. The van der Waals surface area contributed by atoms with Crippen molar-refractivity contribution in [2.75, 3.05) is 45.0 Å². The molecule has 40 nitrogen and oxygen atoms in total. The van der Waals surface area contributed by atoms with E-state index in [9.17, 15) is 147 Å². The predicted octanol–water partition coefficient (Wildman–Crippen LogP) is 7.68. The molecule has 1 saturated heterocycles. The number of aliphatic carboxylic acids is 6. The number of thioether (sulfide) groups is 1. The fraction of sp³-hybridized carbons (Fsp3) is 0.634. The van der Waals surface area contributed by atoms with E-state index in [1.54, 1.807) is 60.7 Å². The van der Waals surface area contributed by atoms with Crippen LogP contribution in [0, 0.1) is 23.7 Å². The molecule has 0 radical (unpaired) electrons. The largest absolute Gasteiger partial charge is 0.481 e. The van der Waals surface area contributed by atoms with Gasteiger partial charge in [-0.1, -0.05) is 125 Å². The number of likely N-dealkylation sites (tertiary alicyclic amines) is 1. The van der Waals surface area contributed by atoms with Gasteiger partial charge in [0.05, 0.1) is 60.4 Å². The number of carboxylic acids is 6. The van der Waals surface area contributed by atoms with Crippen LogP contribution in [0.4, 0.5) is 0 Å². The summed E-state index contributed by atoms with van der Waals surface area (Å²) in [4.78, 5) is 283. The zero-order chi connectivity index (χ0) is 99.5. The Bertz CT molecular complexity index is 4210. The van der Waals surface area contributed by atoms with Crippen molar-refractivity contribution in [1.82, 2.24) is 46.7 Å². The van der Waals surface area contributed by atoms with E-state index in [0.29, 0.717) is 160 Å². The minimum Gasteiger partial charge on any atom is -0.481 e. The van der Waals surface area contributed by atoms with Crippen LogP contribution in [-0.4, -0.2) is 264 Å². The second kappa shape index (κ2) is 66.7. The van der Waals surface area contributed by atoms with Gasteiger partial charge < -0.3 is 57.2 Å². The highest BCUT2D eigenvalue weighted by molar-refractivity contribution is 8.00. The lowest BCUT2D eigenvalue weighted by Crippen LogP contribution is -2.49. The first-order valence-electron chi connectivity index (χ1n) is 46.1. The summed E-state index contributed by atoms with van der Waals surface area (Å²) in [6.45, 7) is 1.50. The van der Waals surface area contributed by atoms with Crippen LogP contribution in [0.25, 0.3) is 0 Å². The SMILES string of the molecule is CC(=O)N(O)CCCCCCC(=O)CCC(=O)N(O)CCCCCNC(=O)CCC(=O)N(O)CCCCCCC(=O)CCN1C(=O)CC(SC[C@H](CC(=O)[C@H](CC(=O)O)NC(=O)[C@H](CC(=O)O)CC(=O)[C@H](CC(=O)O)NC(=O)C(CC(=O)[C@H](Cc2ccccc2)NC(=O)CCCCCCCCC(=O)CCCCC[C@H](CC(=O)NCCCC(=O)O)C(=O)O)Cc2ccccc2)C(=O)O)C1=O. The minimum absolute atomic E-state index is 0.0142. The second-order valence-electron chi connectivity index (χ2n) is 33.9. The summed E-state index contributed by atoms with van der Waals surface area (Å²) in [7, 11) is 0. The number of hydroxylamine groups is 6. The van der Waals surface area contributed by atoms with Gasteiger partial charge in [0.2, 0.25) is 59.1 Å². The van der Waals surface area contributed by atoms with Gasteiger partial charge in [0.1, 0.15) is 17.3 Å². The molecule has 41 heteroatoms. The molecule has 10 amide bonds. The molecule has 0 aromatic heterocycles. The summed E-state index contributed by atoms with van der Waals surface area (Å²) in [6.07, 6.45) is 4.87. The molecule has 1 heterocycles. The quantitative estimate of drug-likeness (QED) is 0.0131. The molecule has 1 aliphatic rings. The number of amides is 10. The molecule has 1 fully saturated rings. The van der Waals surface area contributed by atoms with Crippen LogP contribution in [0.1, 0.15) is 281 Å². The van der Waals surface area contributed by atoms with Crippen molar-refractivity contribution in [3.05, 3.63) is 71.8 Å². The minimum atomic E-state index is -2.07. The van der Waals surface area contributed by atoms with Crippen molar-refractivity contribution in [1.29, 1.82) is 0 Å². The normalized spacial score (nSPS) is 13.9. The molecule has 8 atom stereocenters. The number of unbranched alkanes of at least 4 members (excludes halogenated alkanes) is 15. The molecule has 2 unspecified atom stereocenters. The first kappa shape index (κ1) is 117. The van der Waals surface area contributed by atoms with Gasteiger partial charge in [0.25, 0.3) is 0 Å². The number of imide groups is 1. The molecule has 2 aromatic rings. The highest BCUT2D eigenvalue weighted by Gasteiger charge is 2.42. The van der Waals surface area contributed by atoms with Crippen molar-refractivity contribution < 1.29 is 152 Å². The summed E-state index contributed by atoms with van der Waals surface area (Å²) in [5.74, 6) is -25.6. The number of ketones is 6. The van der Waals surface area contributed by atoms with Crippen LogP contribution in [0.3, 0.4) is 0 Å². The summed E-state index contributed by atoms with van der Waals surface area (Å²) in [5.41, 5.74) is 1.16. The lowest BCUT2D eigenvalue weighted by Gasteiger charge is -2.25. The van der Waals surface area contributed by atoms with Crippen molar-refractivity contribution >= 4 is 141 Å². The van der Waals surface area contributed by atoms with Crippen molar-refractivity contribution in [2.24, 2.45) is 23.7 Å². The molecular weight excluding hydrogens is 1770 g/mol. The number of nitrogens with zero attached hydrogens (tertiary/aromatic N) is 4. The van der Waals surface area contributed by atoms with E-state index in [2.05, 4.69) is 26.6 Å². The third kappa shape index (κ3) is 52.2. The highest BCUT2D eigenvalue weighted by Crippen LogP contribution is 2.30. The Hall–Kier alpha value is -11.6. The van der Waals surface area contributed by atoms with E-state index >= 15 is 0 Å². The number of hydrogen-bond acceptors (Lipinski definition) is 26. The number of hydrogen-bond donors (Lipinski definition) is 14. The second-order valence-corrected chi connectivity index (χ2v) is 35.1. The number of carboxylic acid groups (broad SMARTS) is 6. The average Bonchev–Trinajstić information content (AvgIpc) is 1.67. The van der Waals surface area contributed by atoms with Gasteiger partial charge in [-0.05, 0) is 101 Å². The van der Waals surface area contributed by atoms with Gasteiger partial charge in [-0.3, -0.25) is 126 Å². The maximum absolute atomic E-state index is 14.6. The third-order valence-corrected chi connectivity index (χ3v) is 24.0. The van der Waals surface area contributed by atoms with Gasteiger partial charge in [0, 0.05) is 161 Å². The number of benzene rings is 2.